The van der Waals surface area contributed by atoms with Crippen molar-refractivity contribution in [3.8, 4) is 5.75 Å². The highest BCUT2D eigenvalue weighted by atomic mass is 35.5. The maximum atomic E-state index is 14.1. The van der Waals surface area contributed by atoms with Gasteiger partial charge < -0.3 is 19.3 Å². The molecule has 0 saturated carbocycles. The Kier molecular flexibility index (Phi) is 7.64. The van der Waals surface area contributed by atoms with E-state index in [1.165, 1.54) is 4.90 Å². The molecule has 7 nitrogen and oxygen atoms in total. The van der Waals surface area contributed by atoms with Crippen LogP contribution in [0.15, 0.2) is 73.1 Å². The average molecular weight is 564 g/mol. The number of carboxylic acid groups (broad SMARTS) is 1. The molecule has 5 rings (SSSR count). The van der Waals surface area contributed by atoms with Gasteiger partial charge in [-0.05, 0) is 59.5 Å². The molecule has 0 saturated heterocycles. The minimum atomic E-state index is -1.06. The van der Waals surface area contributed by atoms with Crippen molar-refractivity contribution in [2.24, 2.45) is 0 Å². The van der Waals surface area contributed by atoms with E-state index in [0.717, 1.165) is 22.6 Å². The smallest absolute Gasteiger partial charge is 0.326 e. The molecular formula is C30H27Cl2N3O4. The lowest BCUT2D eigenvalue weighted by atomic mass is 9.88. The number of aromatic nitrogens is 2. The molecule has 0 fully saturated rings. The molecular weight excluding hydrogens is 537 g/mol. The molecule has 1 aliphatic heterocycles. The van der Waals surface area contributed by atoms with E-state index >= 15 is 0 Å². The highest BCUT2D eigenvalue weighted by Gasteiger charge is 2.40. The molecule has 0 radical (unpaired) electrons. The summed E-state index contributed by atoms with van der Waals surface area (Å²) in [4.78, 5) is 32.6. The van der Waals surface area contributed by atoms with Gasteiger partial charge in [0.15, 0.2) is 0 Å². The lowest BCUT2D eigenvalue weighted by Crippen LogP contribution is -2.50. The van der Waals surface area contributed by atoms with Crippen LogP contribution in [0.4, 0.5) is 0 Å². The van der Waals surface area contributed by atoms with E-state index in [1.54, 1.807) is 62.0 Å². The van der Waals surface area contributed by atoms with Gasteiger partial charge >= 0.3 is 5.97 Å². The number of ether oxygens (including phenoxy) is 1. The van der Waals surface area contributed by atoms with Crippen LogP contribution in [0.2, 0.25) is 10.0 Å². The van der Waals surface area contributed by atoms with Crippen molar-refractivity contribution in [3.63, 3.8) is 0 Å². The number of carbonyl (C=O) groups excluding carboxylic acids is 1. The maximum absolute atomic E-state index is 14.1. The zero-order chi connectivity index (χ0) is 27.7. The van der Waals surface area contributed by atoms with Crippen molar-refractivity contribution in [1.29, 1.82) is 0 Å². The number of carbonyl (C=O) groups is 2. The van der Waals surface area contributed by atoms with E-state index in [4.69, 9.17) is 27.9 Å². The molecule has 3 aromatic carbocycles. The van der Waals surface area contributed by atoms with Crippen LogP contribution in [-0.4, -0.2) is 44.6 Å². The second kappa shape index (κ2) is 11.1. The van der Waals surface area contributed by atoms with E-state index < -0.39 is 17.9 Å². The number of aryl methyl sites for hydroxylation is 1. The quantitative estimate of drug-likeness (QED) is 0.310. The number of halogens is 2. The van der Waals surface area contributed by atoms with Crippen molar-refractivity contribution in [2.45, 2.75) is 38.4 Å². The van der Waals surface area contributed by atoms with E-state index in [0.29, 0.717) is 33.4 Å². The van der Waals surface area contributed by atoms with Crippen LogP contribution in [0.5, 0.6) is 5.75 Å². The molecule has 1 amide bonds. The molecule has 1 atom stereocenters. The molecule has 200 valence electrons. The predicted octanol–water partition coefficient (Wildman–Crippen LogP) is 5.73. The van der Waals surface area contributed by atoms with Gasteiger partial charge in [-0.3, -0.25) is 4.79 Å². The van der Waals surface area contributed by atoms with E-state index in [9.17, 15) is 14.7 Å². The van der Waals surface area contributed by atoms with Crippen molar-refractivity contribution in [2.75, 3.05) is 7.11 Å². The van der Waals surface area contributed by atoms with Gasteiger partial charge in [0.2, 0.25) is 5.91 Å². The number of methoxy groups -OCH3 is 1. The fraction of sp³-hybridized carbons (Fsp3) is 0.233. The van der Waals surface area contributed by atoms with Gasteiger partial charge in [-0.15, -0.1) is 0 Å². The standard InChI is InChI=1S/C30H27Cl2N3O4/c1-18-13-19(3-12-27(18)39-2)15-34-17-33-24-16-35(26(30(37)38)14-25(24)34)29(36)28(20-4-8-22(31)9-5-20)21-6-10-23(32)11-7-21/h3-13,17,26,28H,14-16H2,1-2H3,(H,37,38). The van der Waals surface area contributed by atoms with Crippen LogP contribution < -0.4 is 4.74 Å². The molecule has 0 aliphatic carbocycles. The van der Waals surface area contributed by atoms with E-state index in [2.05, 4.69) is 4.98 Å². The van der Waals surface area contributed by atoms with Crippen LogP contribution in [-0.2, 0) is 29.1 Å². The van der Waals surface area contributed by atoms with Crippen LogP contribution in [0.3, 0.4) is 0 Å². The first-order valence-electron chi connectivity index (χ1n) is 12.5. The van der Waals surface area contributed by atoms with Gasteiger partial charge in [-0.1, -0.05) is 59.6 Å². The largest absolute Gasteiger partial charge is 0.496 e. The lowest BCUT2D eigenvalue weighted by Gasteiger charge is -2.35. The predicted molar refractivity (Wildman–Crippen MR) is 149 cm³/mol. The fourth-order valence-electron chi connectivity index (χ4n) is 5.16. The first kappa shape index (κ1) is 26.8. The number of aliphatic carboxylic acids is 1. The number of benzene rings is 3. The third-order valence-corrected chi connectivity index (χ3v) is 7.65. The van der Waals surface area contributed by atoms with Gasteiger partial charge in [-0.2, -0.15) is 0 Å². The summed E-state index contributed by atoms with van der Waals surface area (Å²) in [5.41, 5.74) is 4.99. The molecule has 0 spiro atoms. The molecule has 2 heterocycles. The van der Waals surface area contributed by atoms with Crippen LogP contribution in [0.1, 0.15) is 39.6 Å². The maximum Gasteiger partial charge on any atom is 0.326 e. The highest BCUT2D eigenvalue weighted by Crippen LogP contribution is 2.33. The number of hydrogen-bond acceptors (Lipinski definition) is 4. The third-order valence-electron chi connectivity index (χ3n) is 7.15. The number of hydrogen-bond donors (Lipinski definition) is 1. The lowest BCUT2D eigenvalue weighted by molar-refractivity contribution is -0.151. The summed E-state index contributed by atoms with van der Waals surface area (Å²) in [5.74, 6) is -1.30. The molecule has 4 aromatic rings. The van der Waals surface area contributed by atoms with E-state index in [1.807, 2.05) is 29.7 Å². The first-order valence-corrected chi connectivity index (χ1v) is 13.2. The van der Waals surface area contributed by atoms with Crippen LogP contribution in [0.25, 0.3) is 0 Å². The summed E-state index contributed by atoms with van der Waals surface area (Å²) in [7, 11) is 1.64. The van der Waals surface area contributed by atoms with Crippen molar-refractivity contribution in [1.82, 2.24) is 14.5 Å². The van der Waals surface area contributed by atoms with Crippen LogP contribution in [0, 0.1) is 6.92 Å². The normalized spacial score (nSPS) is 14.8. The Morgan fingerprint density at radius 2 is 1.64 bits per heavy atom. The van der Waals surface area contributed by atoms with Gasteiger partial charge in [0, 0.05) is 28.7 Å². The zero-order valence-corrected chi connectivity index (χ0v) is 23.0. The number of nitrogens with zero attached hydrogens (tertiary/aromatic N) is 3. The van der Waals surface area contributed by atoms with Gasteiger partial charge in [0.05, 0.1) is 31.6 Å². The molecule has 39 heavy (non-hydrogen) atoms. The topological polar surface area (TPSA) is 84.7 Å². The summed E-state index contributed by atoms with van der Waals surface area (Å²) in [5, 5.41) is 11.3. The molecule has 0 bridgehead atoms. The summed E-state index contributed by atoms with van der Waals surface area (Å²) in [6.07, 6.45) is 1.87. The number of carboxylic acids is 1. The number of amides is 1. The number of imidazole rings is 1. The Morgan fingerprint density at radius 1 is 1.03 bits per heavy atom. The SMILES string of the molecule is COc1ccc(Cn2cnc3c2CC(C(=O)O)N(C(=O)C(c2ccc(Cl)cc2)c2ccc(Cl)cc2)C3)cc1C. The van der Waals surface area contributed by atoms with Gasteiger partial charge in [0.25, 0.3) is 0 Å². The highest BCUT2D eigenvalue weighted by molar-refractivity contribution is 6.30. The average Bonchev–Trinajstić information content (AvgIpc) is 3.31. The molecule has 1 N–H and O–H groups in total. The minimum absolute atomic E-state index is 0.0947. The molecule has 9 heteroatoms. The summed E-state index contributed by atoms with van der Waals surface area (Å²) < 4.78 is 7.32. The van der Waals surface area contributed by atoms with Crippen molar-refractivity contribution >= 4 is 35.1 Å². The third kappa shape index (κ3) is 5.51. The van der Waals surface area contributed by atoms with Gasteiger partial charge in [0.1, 0.15) is 11.8 Å². The van der Waals surface area contributed by atoms with Crippen LogP contribution >= 0.6 is 23.2 Å². The zero-order valence-electron chi connectivity index (χ0n) is 21.5. The number of fused-ring (bicyclic) bond motifs is 1. The summed E-state index contributed by atoms with van der Waals surface area (Å²) in [6, 6.07) is 18.9. The molecule has 1 aromatic heterocycles. The fourth-order valence-corrected chi connectivity index (χ4v) is 5.41. The minimum Gasteiger partial charge on any atom is -0.496 e. The Bertz CT molecular complexity index is 1470. The Morgan fingerprint density at radius 3 is 2.18 bits per heavy atom. The van der Waals surface area contributed by atoms with E-state index in [-0.39, 0.29) is 18.9 Å². The number of rotatable bonds is 7. The summed E-state index contributed by atoms with van der Waals surface area (Å²) in [6.45, 7) is 2.61. The second-order valence-corrected chi connectivity index (χ2v) is 10.5. The van der Waals surface area contributed by atoms with Crippen molar-refractivity contribution < 1.29 is 19.4 Å². The Hall–Kier alpha value is -3.81. The first-order chi connectivity index (χ1) is 18.7. The Balaban J connectivity index is 1.48. The molecule has 1 unspecified atom stereocenters. The summed E-state index contributed by atoms with van der Waals surface area (Å²) >= 11 is 12.2. The Labute approximate surface area is 236 Å². The van der Waals surface area contributed by atoms with Crippen molar-refractivity contribution in [3.05, 3.63) is 117 Å². The second-order valence-electron chi connectivity index (χ2n) is 9.63. The van der Waals surface area contributed by atoms with Gasteiger partial charge in [-0.25, -0.2) is 9.78 Å². The monoisotopic (exact) mass is 563 g/mol. The molecule has 1 aliphatic rings.